The summed E-state index contributed by atoms with van der Waals surface area (Å²) in [5, 5.41) is 6.39. The monoisotopic (exact) mass is 282 g/mol. The number of nitrogens with one attached hydrogen (secondary N) is 2. The van der Waals surface area contributed by atoms with Crippen molar-refractivity contribution in [1.82, 2.24) is 10.6 Å². The van der Waals surface area contributed by atoms with E-state index in [1.807, 2.05) is 0 Å². The average Bonchev–Trinajstić information content (AvgIpc) is 2.48. The van der Waals surface area contributed by atoms with Gasteiger partial charge in [0.1, 0.15) is 0 Å². The van der Waals surface area contributed by atoms with Crippen molar-refractivity contribution in [2.75, 3.05) is 26.2 Å². The van der Waals surface area contributed by atoms with Crippen molar-refractivity contribution in [3.8, 4) is 0 Å². The highest BCUT2D eigenvalue weighted by molar-refractivity contribution is 5.82. The van der Waals surface area contributed by atoms with E-state index in [9.17, 15) is 4.79 Å². The van der Waals surface area contributed by atoms with Gasteiger partial charge in [0.2, 0.25) is 5.91 Å². The molecule has 1 aliphatic carbocycles. The van der Waals surface area contributed by atoms with Crippen molar-refractivity contribution >= 4 is 5.91 Å². The van der Waals surface area contributed by atoms with Crippen LogP contribution >= 0.6 is 0 Å². The molecule has 1 amide bonds. The molecule has 0 spiro atoms. The number of hydrogen-bond acceptors (Lipinski definition) is 3. The highest BCUT2D eigenvalue weighted by Gasteiger charge is 2.33. The summed E-state index contributed by atoms with van der Waals surface area (Å²) in [5.74, 6) is 0.219. The summed E-state index contributed by atoms with van der Waals surface area (Å²) in [5.41, 5.74) is -0.171. The lowest BCUT2D eigenvalue weighted by atomic mass is 9.80. The SMILES string of the molecule is CC1(C(=O)NCCCOC2CCCCC2)CCNCC1. The summed E-state index contributed by atoms with van der Waals surface area (Å²) in [6.45, 7) is 5.52. The zero-order valence-corrected chi connectivity index (χ0v) is 12.9. The highest BCUT2D eigenvalue weighted by atomic mass is 16.5. The first-order valence-corrected chi connectivity index (χ1v) is 8.31. The number of hydrogen-bond donors (Lipinski definition) is 2. The molecule has 0 aromatic rings. The third kappa shape index (κ3) is 4.74. The number of rotatable bonds is 6. The first-order chi connectivity index (χ1) is 9.71. The number of carbonyl (C=O) groups is 1. The van der Waals surface area contributed by atoms with Gasteiger partial charge in [-0.05, 0) is 45.2 Å². The molecule has 0 unspecified atom stereocenters. The second-order valence-electron chi connectivity index (χ2n) is 6.55. The molecule has 0 bridgehead atoms. The molecule has 4 heteroatoms. The lowest BCUT2D eigenvalue weighted by Crippen LogP contribution is -2.46. The molecule has 0 atom stereocenters. The van der Waals surface area contributed by atoms with Crippen LogP contribution in [0.25, 0.3) is 0 Å². The Hall–Kier alpha value is -0.610. The van der Waals surface area contributed by atoms with Gasteiger partial charge in [-0.25, -0.2) is 0 Å². The van der Waals surface area contributed by atoms with Crippen LogP contribution in [0.1, 0.15) is 58.3 Å². The van der Waals surface area contributed by atoms with Gasteiger partial charge in [-0.2, -0.15) is 0 Å². The van der Waals surface area contributed by atoms with E-state index in [1.54, 1.807) is 0 Å². The van der Waals surface area contributed by atoms with E-state index in [1.165, 1.54) is 32.1 Å². The predicted octanol–water partition coefficient (Wildman–Crippen LogP) is 2.23. The van der Waals surface area contributed by atoms with Crippen LogP contribution in [0, 0.1) is 5.41 Å². The third-order valence-electron chi connectivity index (χ3n) is 4.77. The summed E-state index contributed by atoms with van der Waals surface area (Å²) >= 11 is 0. The van der Waals surface area contributed by atoms with Gasteiger partial charge in [-0.3, -0.25) is 4.79 Å². The van der Waals surface area contributed by atoms with Crippen LogP contribution in [-0.2, 0) is 9.53 Å². The van der Waals surface area contributed by atoms with Gasteiger partial charge in [0, 0.05) is 18.6 Å². The van der Waals surface area contributed by atoms with Crippen LogP contribution < -0.4 is 10.6 Å². The Morgan fingerprint density at radius 1 is 1.25 bits per heavy atom. The van der Waals surface area contributed by atoms with Crippen molar-refractivity contribution in [3.05, 3.63) is 0 Å². The molecule has 0 radical (unpaired) electrons. The maximum atomic E-state index is 12.2. The molecule has 2 fully saturated rings. The second-order valence-corrected chi connectivity index (χ2v) is 6.55. The molecule has 1 heterocycles. The molecular formula is C16H30N2O2. The van der Waals surface area contributed by atoms with Crippen molar-refractivity contribution in [2.24, 2.45) is 5.41 Å². The van der Waals surface area contributed by atoms with E-state index in [-0.39, 0.29) is 11.3 Å². The van der Waals surface area contributed by atoms with E-state index in [0.29, 0.717) is 6.10 Å². The van der Waals surface area contributed by atoms with E-state index in [0.717, 1.165) is 45.5 Å². The number of carbonyl (C=O) groups excluding carboxylic acids is 1. The smallest absolute Gasteiger partial charge is 0.226 e. The van der Waals surface area contributed by atoms with Crippen LogP contribution in [0.5, 0.6) is 0 Å². The molecule has 0 aromatic heterocycles. The summed E-state index contributed by atoms with van der Waals surface area (Å²) in [6.07, 6.45) is 9.71. The highest BCUT2D eigenvalue weighted by Crippen LogP contribution is 2.27. The standard InChI is InChI=1S/C16H30N2O2/c1-16(8-11-17-12-9-16)15(19)18-10-5-13-20-14-6-3-2-4-7-14/h14,17H,2-13H2,1H3,(H,18,19). The molecule has 4 nitrogen and oxygen atoms in total. The first kappa shape index (κ1) is 15.8. The lowest BCUT2D eigenvalue weighted by molar-refractivity contribution is -0.131. The average molecular weight is 282 g/mol. The molecule has 1 aliphatic heterocycles. The van der Waals surface area contributed by atoms with Crippen molar-refractivity contribution < 1.29 is 9.53 Å². The summed E-state index contributed by atoms with van der Waals surface area (Å²) in [6, 6.07) is 0. The first-order valence-electron chi connectivity index (χ1n) is 8.31. The van der Waals surface area contributed by atoms with Gasteiger partial charge < -0.3 is 15.4 Å². The minimum atomic E-state index is -0.171. The van der Waals surface area contributed by atoms with E-state index in [4.69, 9.17) is 4.74 Å². The number of piperidine rings is 1. The maximum Gasteiger partial charge on any atom is 0.226 e. The third-order valence-corrected chi connectivity index (χ3v) is 4.77. The Kier molecular flexibility index (Phi) is 6.30. The minimum Gasteiger partial charge on any atom is -0.378 e. The van der Waals surface area contributed by atoms with E-state index >= 15 is 0 Å². The van der Waals surface area contributed by atoms with Gasteiger partial charge in [-0.15, -0.1) is 0 Å². The Balaban J connectivity index is 1.54. The zero-order chi connectivity index (χ0) is 14.3. The molecule has 116 valence electrons. The molecule has 2 rings (SSSR count). The molecule has 0 aromatic carbocycles. The quantitative estimate of drug-likeness (QED) is 0.735. The van der Waals surface area contributed by atoms with Gasteiger partial charge in [0.05, 0.1) is 6.10 Å². The minimum absolute atomic E-state index is 0.171. The Morgan fingerprint density at radius 3 is 2.65 bits per heavy atom. The van der Waals surface area contributed by atoms with Crippen LogP contribution in [0.3, 0.4) is 0 Å². The normalized spacial score (nSPS) is 23.4. The van der Waals surface area contributed by atoms with Crippen LogP contribution in [0.4, 0.5) is 0 Å². The van der Waals surface area contributed by atoms with Crippen molar-refractivity contribution in [2.45, 2.75) is 64.4 Å². The molecule has 20 heavy (non-hydrogen) atoms. The Morgan fingerprint density at radius 2 is 1.95 bits per heavy atom. The Labute approximate surface area is 123 Å². The molecular weight excluding hydrogens is 252 g/mol. The Bertz CT molecular complexity index is 295. The second kappa shape index (κ2) is 7.99. The largest absolute Gasteiger partial charge is 0.378 e. The fraction of sp³-hybridized carbons (Fsp3) is 0.938. The lowest BCUT2D eigenvalue weighted by Gasteiger charge is -2.32. The van der Waals surface area contributed by atoms with Gasteiger partial charge in [0.25, 0.3) is 0 Å². The van der Waals surface area contributed by atoms with Crippen molar-refractivity contribution in [3.63, 3.8) is 0 Å². The molecule has 1 saturated heterocycles. The topological polar surface area (TPSA) is 50.4 Å². The summed E-state index contributed by atoms with van der Waals surface area (Å²) in [7, 11) is 0. The van der Waals surface area contributed by atoms with Crippen LogP contribution in [0.2, 0.25) is 0 Å². The zero-order valence-electron chi connectivity index (χ0n) is 12.9. The van der Waals surface area contributed by atoms with Crippen LogP contribution in [-0.4, -0.2) is 38.3 Å². The van der Waals surface area contributed by atoms with Gasteiger partial charge in [0.15, 0.2) is 0 Å². The predicted molar refractivity (Wildman–Crippen MR) is 80.7 cm³/mol. The maximum absolute atomic E-state index is 12.2. The molecule has 1 saturated carbocycles. The number of amides is 1. The van der Waals surface area contributed by atoms with Gasteiger partial charge in [-0.1, -0.05) is 26.2 Å². The van der Waals surface area contributed by atoms with Crippen molar-refractivity contribution in [1.29, 1.82) is 0 Å². The number of ether oxygens (including phenoxy) is 1. The van der Waals surface area contributed by atoms with Crippen LogP contribution in [0.15, 0.2) is 0 Å². The summed E-state index contributed by atoms with van der Waals surface area (Å²) < 4.78 is 5.87. The molecule has 2 N–H and O–H groups in total. The van der Waals surface area contributed by atoms with Gasteiger partial charge >= 0.3 is 0 Å². The van der Waals surface area contributed by atoms with E-state index < -0.39 is 0 Å². The fourth-order valence-electron chi connectivity index (χ4n) is 3.17. The fourth-order valence-corrected chi connectivity index (χ4v) is 3.17. The summed E-state index contributed by atoms with van der Waals surface area (Å²) in [4.78, 5) is 12.2. The van der Waals surface area contributed by atoms with E-state index in [2.05, 4.69) is 17.6 Å². The molecule has 2 aliphatic rings.